The fraction of sp³-hybridized carbons (Fsp3) is 0.0714. The molecule has 0 spiro atoms. The molecule has 0 radical (unpaired) electrons. The Labute approximate surface area is 118 Å². The van der Waals surface area contributed by atoms with Crippen molar-refractivity contribution in [3.8, 4) is 11.5 Å². The van der Waals surface area contributed by atoms with Gasteiger partial charge in [0.05, 0.1) is 12.8 Å². The summed E-state index contributed by atoms with van der Waals surface area (Å²) in [7, 11) is 0. The minimum Gasteiger partial charge on any atom is -0.467 e. The Morgan fingerprint density at radius 1 is 1.24 bits per heavy atom. The minimum atomic E-state index is -0.526. The van der Waals surface area contributed by atoms with Gasteiger partial charge in [-0.15, -0.1) is 10.2 Å². The molecule has 0 bridgehead atoms. The summed E-state index contributed by atoms with van der Waals surface area (Å²) in [5.74, 6) is -0.456. The molecule has 6 nitrogen and oxygen atoms in total. The van der Waals surface area contributed by atoms with E-state index in [1.54, 1.807) is 18.2 Å². The number of hydrogen-bond acceptors (Lipinski definition) is 5. The zero-order valence-electron chi connectivity index (χ0n) is 10.7. The van der Waals surface area contributed by atoms with Gasteiger partial charge in [0.15, 0.2) is 0 Å². The summed E-state index contributed by atoms with van der Waals surface area (Å²) in [6, 6.07) is 9.13. The Kier molecular flexibility index (Phi) is 3.46. The van der Waals surface area contributed by atoms with Crippen LogP contribution in [0, 0.1) is 5.82 Å². The van der Waals surface area contributed by atoms with Crippen molar-refractivity contribution >= 4 is 5.91 Å². The van der Waals surface area contributed by atoms with Gasteiger partial charge in [0.1, 0.15) is 11.6 Å². The molecular formula is C14H10FN3O3. The van der Waals surface area contributed by atoms with Gasteiger partial charge >= 0.3 is 11.8 Å². The standard InChI is InChI=1S/C14H10FN3O3/c15-10-4-1-3-9(7-10)13-17-18-14(21-13)12(19)16-8-11-5-2-6-20-11/h1-7H,8H2,(H,16,19). The lowest BCUT2D eigenvalue weighted by Crippen LogP contribution is -2.22. The SMILES string of the molecule is O=C(NCc1ccco1)c1nnc(-c2cccc(F)c2)o1. The normalized spacial score (nSPS) is 10.5. The Morgan fingerprint density at radius 3 is 2.90 bits per heavy atom. The van der Waals surface area contributed by atoms with E-state index in [1.165, 1.54) is 24.5 Å². The summed E-state index contributed by atoms with van der Waals surface area (Å²) >= 11 is 0. The number of nitrogens with one attached hydrogen (secondary N) is 1. The first-order valence-corrected chi connectivity index (χ1v) is 6.12. The fourth-order valence-corrected chi connectivity index (χ4v) is 1.71. The highest BCUT2D eigenvalue weighted by molar-refractivity contribution is 5.89. The third-order valence-electron chi connectivity index (χ3n) is 2.69. The van der Waals surface area contributed by atoms with E-state index in [9.17, 15) is 9.18 Å². The quantitative estimate of drug-likeness (QED) is 0.796. The second kappa shape index (κ2) is 5.58. The Morgan fingerprint density at radius 2 is 2.14 bits per heavy atom. The molecule has 1 aromatic carbocycles. The molecule has 0 aliphatic rings. The first kappa shape index (κ1) is 13.0. The average Bonchev–Trinajstić information content (AvgIpc) is 3.16. The molecule has 0 saturated heterocycles. The topological polar surface area (TPSA) is 81.2 Å². The largest absolute Gasteiger partial charge is 0.467 e. The second-order valence-electron chi connectivity index (χ2n) is 4.18. The number of carbonyl (C=O) groups is 1. The predicted octanol–water partition coefficient (Wildman–Crippen LogP) is 2.40. The summed E-state index contributed by atoms with van der Waals surface area (Å²) < 4.78 is 23.4. The van der Waals surface area contributed by atoms with Gasteiger partial charge in [0, 0.05) is 5.56 Å². The highest BCUT2D eigenvalue weighted by Gasteiger charge is 2.16. The highest BCUT2D eigenvalue weighted by Crippen LogP contribution is 2.18. The molecule has 0 saturated carbocycles. The second-order valence-corrected chi connectivity index (χ2v) is 4.18. The molecule has 0 atom stereocenters. The van der Waals surface area contributed by atoms with Crippen molar-refractivity contribution < 1.29 is 18.0 Å². The van der Waals surface area contributed by atoms with Crippen LogP contribution in [0.15, 0.2) is 51.5 Å². The summed E-state index contributed by atoms with van der Waals surface area (Å²) in [6.07, 6.45) is 1.51. The van der Waals surface area contributed by atoms with Crippen LogP contribution in [0.1, 0.15) is 16.4 Å². The van der Waals surface area contributed by atoms with Gasteiger partial charge in [0.25, 0.3) is 0 Å². The Hall–Kier alpha value is -2.96. The van der Waals surface area contributed by atoms with Crippen molar-refractivity contribution in [2.75, 3.05) is 0 Å². The first-order chi connectivity index (χ1) is 10.2. The van der Waals surface area contributed by atoms with E-state index in [1.807, 2.05) is 0 Å². The lowest BCUT2D eigenvalue weighted by Gasteiger charge is -1.98. The molecule has 3 rings (SSSR count). The van der Waals surface area contributed by atoms with Gasteiger partial charge in [0.2, 0.25) is 5.89 Å². The van der Waals surface area contributed by atoms with Crippen molar-refractivity contribution in [1.29, 1.82) is 0 Å². The van der Waals surface area contributed by atoms with Crippen molar-refractivity contribution in [1.82, 2.24) is 15.5 Å². The van der Waals surface area contributed by atoms with E-state index < -0.39 is 11.7 Å². The maximum atomic E-state index is 13.1. The molecule has 0 aliphatic heterocycles. The van der Waals surface area contributed by atoms with E-state index in [0.717, 1.165) is 0 Å². The third-order valence-corrected chi connectivity index (χ3v) is 2.69. The molecule has 1 N–H and O–H groups in total. The number of amides is 1. The number of furan rings is 1. The number of halogens is 1. The monoisotopic (exact) mass is 287 g/mol. The highest BCUT2D eigenvalue weighted by atomic mass is 19.1. The smallest absolute Gasteiger partial charge is 0.309 e. The van der Waals surface area contributed by atoms with Crippen molar-refractivity contribution in [2.45, 2.75) is 6.54 Å². The van der Waals surface area contributed by atoms with Gasteiger partial charge < -0.3 is 14.2 Å². The van der Waals surface area contributed by atoms with Gasteiger partial charge in [-0.05, 0) is 30.3 Å². The molecule has 106 valence electrons. The lowest BCUT2D eigenvalue weighted by molar-refractivity contribution is 0.0914. The van der Waals surface area contributed by atoms with Crippen molar-refractivity contribution in [3.05, 3.63) is 60.1 Å². The molecular weight excluding hydrogens is 277 g/mol. The van der Waals surface area contributed by atoms with Crippen molar-refractivity contribution in [2.24, 2.45) is 0 Å². The predicted molar refractivity (Wildman–Crippen MR) is 69.6 cm³/mol. The van der Waals surface area contributed by atoms with E-state index in [2.05, 4.69) is 15.5 Å². The molecule has 0 aliphatic carbocycles. The maximum Gasteiger partial charge on any atom is 0.309 e. The van der Waals surface area contributed by atoms with Crippen molar-refractivity contribution in [3.63, 3.8) is 0 Å². The number of aromatic nitrogens is 2. The van der Waals surface area contributed by atoms with Crippen LogP contribution in [-0.2, 0) is 6.54 Å². The van der Waals surface area contributed by atoms with Crippen LogP contribution in [0.25, 0.3) is 11.5 Å². The number of benzene rings is 1. The number of hydrogen-bond donors (Lipinski definition) is 1. The summed E-state index contributed by atoms with van der Waals surface area (Å²) in [5, 5.41) is 9.94. The van der Waals surface area contributed by atoms with E-state index in [0.29, 0.717) is 11.3 Å². The minimum absolute atomic E-state index is 0.0812. The van der Waals surface area contributed by atoms with Crippen LogP contribution < -0.4 is 5.32 Å². The number of carbonyl (C=O) groups excluding carboxylic acids is 1. The lowest BCUT2D eigenvalue weighted by atomic mass is 10.2. The zero-order valence-corrected chi connectivity index (χ0v) is 10.7. The summed E-state index contributed by atoms with van der Waals surface area (Å²) in [6.45, 7) is 0.212. The first-order valence-electron chi connectivity index (χ1n) is 6.12. The van der Waals surface area contributed by atoms with Gasteiger partial charge in [-0.1, -0.05) is 6.07 Å². The average molecular weight is 287 g/mol. The van der Waals surface area contributed by atoms with Crippen LogP contribution >= 0.6 is 0 Å². The molecule has 0 unspecified atom stereocenters. The van der Waals surface area contributed by atoms with Crippen LogP contribution in [-0.4, -0.2) is 16.1 Å². The molecule has 7 heteroatoms. The fourth-order valence-electron chi connectivity index (χ4n) is 1.71. The van der Waals surface area contributed by atoms with E-state index >= 15 is 0 Å². The van der Waals surface area contributed by atoms with Crippen LogP contribution in [0.5, 0.6) is 0 Å². The van der Waals surface area contributed by atoms with E-state index in [-0.39, 0.29) is 18.3 Å². The molecule has 0 fully saturated rings. The summed E-state index contributed by atoms with van der Waals surface area (Å²) in [5.41, 5.74) is 0.410. The third kappa shape index (κ3) is 2.97. The van der Waals surface area contributed by atoms with E-state index in [4.69, 9.17) is 8.83 Å². The maximum absolute atomic E-state index is 13.1. The van der Waals surface area contributed by atoms with Gasteiger partial charge in [-0.25, -0.2) is 4.39 Å². The molecule has 2 heterocycles. The van der Waals surface area contributed by atoms with Crippen LogP contribution in [0.4, 0.5) is 4.39 Å². The molecule has 2 aromatic heterocycles. The molecule has 21 heavy (non-hydrogen) atoms. The van der Waals surface area contributed by atoms with Gasteiger partial charge in [-0.2, -0.15) is 0 Å². The summed E-state index contributed by atoms with van der Waals surface area (Å²) in [4.78, 5) is 11.8. The number of nitrogens with zero attached hydrogens (tertiary/aromatic N) is 2. The van der Waals surface area contributed by atoms with Gasteiger partial charge in [-0.3, -0.25) is 4.79 Å². The molecule has 3 aromatic rings. The van der Waals surface area contributed by atoms with Crippen LogP contribution in [0.2, 0.25) is 0 Å². The Balaban J connectivity index is 1.71. The Bertz CT molecular complexity index is 752. The zero-order chi connectivity index (χ0) is 14.7. The number of rotatable bonds is 4. The molecule has 1 amide bonds. The van der Waals surface area contributed by atoms with Crippen LogP contribution in [0.3, 0.4) is 0 Å².